The van der Waals surface area contributed by atoms with E-state index in [1.165, 1.54) is 14.2 Å². The standard InChI is InChI=1S/C17H15NO5S/c1-20-14-8-11(17(19)21-2)5-6-13(14)22-9-12-10-23-16(18-12)15-4-3-7-24-15/h3-8,10H,9H2,1-2H3. The Hall–Kier alpha value is -2.80. The van der Waals surface area contributed by atoms with E-state index in [-0.39, 0.29) is 6.61 Å². The summed E-state index contributed by atoms with van der Waals surface area (Å²) in [5, 5.41) is 1.96. The first-order valence-electron chi connectivity index (χ1n) is 7.08. The smallest absolute Gasteiger partial charge is 0.337 e. The molecular formula is C17H15NO5S. The summed E-state index contributed by atoms with van der Waals surface area (Å²) in [5.41, 5.74) is 1.06. The molecule has 0 saturated carbocycles. The maximum Gasteiger partial charge on any atom is 0.337 e. The Bertz CT molecular complexity index is 825. The van der Waals surface area contributed by atoms with Crippen molar-refractivity contribution < 1.29 is 23.4 Å². The highest BCUT2D eigenvalue weighted by Crippen LogP contribution is 2.29. The molecule has 2 heterocycles. The second kappa shape index (κ2) is 7.18. The van der Waals surface area contributed by atoms with Crippen LogP contribution in [0.5, 0.6) is 11.5 Å². The van der Waals surface area contributed by atoms with Crippen LogP contribution in [0.1, 0.15) is 16.1 Å². The number of carbonyl (C=O) groups excluding carboxylic acids is 1. The van der Waals surface area contributed by atoms with Crippen molar-refractivity contribution in [2.75, 3.05) is 14.2 Å². The third kappa shape index (κ3) is 3.41. The van der Waals surface area contributed by atoms with E-state index in [9.17, 15) is 4.79 Å². The van der Waals surface area contributed by atoms with E-state index in [1.54, 1.807) is 35.8 Å². The minimum absolute atomic E-state index is 0.225. The van der Waals surface area contributed by atoms with E-state index in [2.05, 4.69) is 9.72 Å². The summed E-state index contributed by atoms with van der Waals surface area (Å²) in [6.07, 6.45) is 1.56. The van der Waals surface area contributed by atoms with Crippen molar-refractivity contribution in [1.82, 2.24) is 4.98 Å². The molecule has 0 spiro atoms. The molecule has 0 N–H and O–H groups in total. The van der Waals surface area contributed by atoms with Crippen LogP contribution in [0, 0.1) is 0 Å². The molecule has 0 aliphatic carbocycles. The van der Waals surface area contributed by atoms with Crippen LogP contribution >= 0.6 is 11.3 Å². The molecule has 7 heteroatoms. The Balaban J connectivity index is 1.71. The molecule has 24 heavy (non-hydrogen) atoms. The average Bonchev–Trinajstić information content (AvgIpc) is 3.30. The van der Waals surface area contributed by atoms with Gasteiger partial charge < -0.3 is 18.6 Å². The van der Waals surface area contributed by atoms with Gasteiger partial charge in [0.05, 0.1) is 24.7 Å². The third-order valence-corrected chi connectivity index (χ3v) is 4.10. The number of esters is 1. The number of hydrogen-bond donors (Lipinski definition) is 0. The molecule has 3 rings (SSSR count). The number of oxazole rings is 1. The predicted molar refractivity (Wildman–Crippen MR) is 88.5 cm³/mol. The second-order valence-electron chi connectivity index (χ2n) is 4.77. The van der Waals surface area contributed by atoms with Gasteiger partial charge in [0.15, 0.2) is 11.5 Å². The minimum atomic E-state index is -0.433. The van der Waals surface area contributed by atoms with E-state index in [0.717, 1.165) is 4.88 Å². The Morgan fingerprint density at radius 2 is 2.12 bits per heavy atom. The molecule has 6 nitrogen and oxygen atoms in total. The number of methoxy groups -OCH3 is 2. The molecule has 0 amide bonds. The number of carbonyl (C=O) groups is 1. The van der Waals surface area contributed by atoms with Crippen LogP contribution in [0.4, 0.5) is 0 Å². The summed E-state index contributed by atoms with van der Waals surface area (Å²) in [7, 11) is 2.84. The van der Waals surface area contributed by atoms with E-state index in [1.807, 2.05) is 17.5 Å². The van der Waals surface area contributed by atoms with Gasteiger partial charge in [-0.1, -0.05) is 6.07 Å². The van der Waals surface area contributed by atoms with Crippen LogP contribution in [0.25, 0.3) is 10.8 Å². The maximum atomic E-state index is 11.5. The topological polar surface area (TPSA) is 70.8 Å². The number of nitrogens with zero attached hydrogens (tertiary/aromatic N) is 1. The Labute approximate surface area is 142 Å². The van der Waals surface area contributed by atoms with Crippen LogP contribution < -0.4 is 9.47 Å². The molecule has 0 aliphatic heterocycles. The fourth-order valence-corrected chi connectivity index (χ4v) is 2.73. The second-order valence-corrected chi connectivity index (χ2v) is 5.71. The Kier molecular flexibility index (Phi) is 4.81. The Morgan fingerprint density at radius 1 is 1.25 bits per heavy atom. The van der Waals surface area contributed by atoms with Crippen molar-refractivity contribution in [2.24, 2.45) is 0 Å². The molecule has 1 aromatic carbocycles. The summed E-state index contributed by atoms with van der Waals surface area (Å²) in [6.45, 7) is 0.225. The molecule has 0 atom stereocenters. The fraction of sp³-hybridized carbons (Fsp3) is 0.176. The number of benzene rings is 1. The number of rotatable bonds is 6. The summed E-state index contributed by atoms with van der Waals surface area (Å²) in [4.78, 5) is 16.9. The van der Waals surface area contributed by atoms with Crippen molar-refractivity contribution in [3.8, 4) is 22.3 Å². The maximum absolute atomic E-state index is 11.5. The molecule has 0 aliphatic rings. The summed E-state index contributed by atoms with van der Waals surface area (Å²) in [5.74, 6) is 1.08. The van der Waals surface area contributed by atoms with Gasteiger partial charge >= 0.3 is 5.97 Å². The lowest BCUT2D eigenvalue weighted by Gasteiger charge is -2.10. The number of thiophene rings is 1. The molecule has 3 aromatic rings. The van der Waals surface area contributed by atoms with Gasteiger partial charge in [-0.05, 0) is 29.6 Å². The SMILES string of the molecule is COC(=O)c1ccc(OCc2coc(-c3cccs3)n2)c(OC)c1. The summed E-state index contributed by atoms with van der Waals surface area (Å²) in [6, 6.07) is 8.72. The normalized spacial score (nSPS) is 10.4. The van der Waals surface area contributed by atoms with Gasteiger partial charge in [-0.25, -0.2) is 9.78 Å². The van der Waals surface area contributed by atoms with Crippen LogP contribution in [-0.2, 0) is 11.3 Å². The van der Waals surface area contributed by atoms with Gasteiger partial charge in [0, 0.05) is 0 Å². The molecular weight excluding hydrogens is 330 g/mol. The van der Waals surface area contributed by atoms with Crippen molar-refractivity contribution in [1.29, 1.82) is 0 Å². The fourth-order valence-electron chi connectivity index (χ4n) is 2.07. The average molecular weight is 345 g/mol. The van der Waals surface area contributed by atoms with Gasteiger partial charge in [-0.3, -0.25) is 0 Å². The summed E-state index contributed by atoms with van der Waals surface area (Å²) >= 11 is 1.56. The number of ether oxygens (including phenoxy) is 3. The zero-order valence-electron chi connectivity index (χ0n) is 13.1. The monoisotopic (exact) mass is 345 g/mol. The van der Waals surface area contributed by atoms with Crippen LogP contribution in [0.2, 0.25) is 0 Å². The highest BCUT2D eigenvalue weighted by Gasteiger charge is 2.13. The zero-order valence-corrected chi connectivity index (χ0v) is 14.0. The first-order chi connectivity index (χ1) is 11.7. The summed E-state index contributed by atoms with van der Waals surface area (Å²) < 4.78 is 21.1. The van der Waals surface area contributed by atoms with Crippen molar-refractivity contribution in [3.63, 3.8) is 0 Å². The van der Waals surface area contributed by atoms with Crippen molar-refractivity contribution >= 4 is 17.3 Å². The molecule has 0 radical (unpaired) electrons. The van der Waals surface area contributed by atoms with E-state index < -0.39 is 5.97 Å². The molecule has 0 saturated heterocycles. The largest absolute Gasteiger partial charge is 0.493 e. The molecule has 124 valence electrons. The van der Waals surface area contributed by atoms with Crippen LogP contribution in [0.15, 0.2) is 46.4 Å². The molecule has 2 aromatic heterocycles. The van der Waals surface area contributed by atoms with E-state index >= 15 is 0 Å². The predicted octanol–water partition coefficient (Wildman–Crippen LogP) is 3.78. The lowest BCUT2D eigenvalue weighted by molar-refractivity contribution is 0.0600. The van der Waals surface area contributed by atoms with Crippen molar-refractivity contribution in [2.45, 2.75) is 6.61 Å². The highest BCUT2D eigenvalue weighted by molar-refractivity contribution is 7.13. The lowest BCUT2D eigenvalue weighted by atomic mass is 10.2. The quantitative estimate of drug-likeness (QED) is 0.633. The minimum Gasteiger partial charge on any atom is -0.493 e. The Morgan fingerprint density at radius 3 is 2.83 bits per heavy atom. The van der Waals surface area contributed by atoms with E-state index in [0.29, 0.717) is 28.6 Å². The molecule has 0 unspecified atom stereocenters. The van der Waals surface area contributed by atoms with Gasteiger partial charge in [0.25, 0.3) is 0 Å². The third-order valence-electron chi connectivity index (χ3n) is 3.24. The van der Waals surface area contributed by atoms with Gasteiger partial charge in [0.2, 0.25) is 5.89 Å². The molecule has 0 bridgehead atoms. The van der Waals surface area contributed by atoms with E-state index in [4.69, 9.17) is 13.9 Å². The first-order valence-corrected chi connectivity index (χ1v) is 7.96. The first kappa shape index (κ1) is 16.1. The van der Waals surface area contributed by atoms with Gasteiger partial charge in [-0.15, -0.1) is 11.3 Å². The van der Waals surface area contributed by atoms with Gasteiger partial charge in [-0.2, -0.15) is 0 Å². The lowest BCUT2D eigenvalue weighted by Crippen LogP contribution is -2.03. The van der Waals surface area contributed by atoms with Crippen LogP contribution in [-0.4, -0.2) is 25.2 Å². The van der Waals surface area contributed by atoms with Crippen LogP contribution in [0.3, 0.4) is 0 Å². The number of hydrogen-bond acceptors (Lipinski definition) is 7. The van der Waals surface area contributed by atoms with Crippen molar-refractivity contribution in [3.05, 3.63) is 53.2 Å². The zero-order chi connectivity index (χ0) is 16.9. The highest BCUT2D eigenvalue weighted by atomic mass is 32.1. The number of aromatic nitrogens is 1. The molecule has 0 fully saturated rings. The van der Waals surface area contributed by atoms with Gasteiger partial charge in [0.1, 0.15) is 18.6 Å².